The Morgan fingerprint density at radius 2 is 2.18 bits per heavy atom. The molecular formula is C11H13N3O2S. The van der Waals surface area contributed by atoms with Crippen LogP contribution in [0.2, 0.25) is 0 Å². The summed E-state index contributed by atoms with van der Waals surface area (Å²) < 4.78 is 10.6. The highest BCUT2D eigenvalue weighted by Crippen LogP contribution is 2.32. The van der Waals surface area contributed by atoms with Crippen LogP contribution in [-0.4, -0.2) is 23.4 Å². The first-order chi connectivity index (χ1) is 8.34. The Morgan fingerprint density at radius 3 is 2.88 bits per heavy atom. The maximum atomic E-state index is 5.82. The fourth-order valence-corrected chi connectivity index (χ4v) is 2.68. The van der Waals surface area contributed by atoms with E-state index in [1.807, 2.05) is 11.4 Å². The fraction of sp³-hybridized carbons (Fsp3) is 0.455. The first-order valence-corrected chi connectivity index (χ1v) is 6.47. The topological polar surface area (TPSA) is 74.2 Å². The van der Waals surface area contributed by atoms with E-state index in [9.17, 15) is 0 Å². The third-order valence-corrected chi connectivity index (χ3v) is 3.84. The van der Waals surface area contributed by atoms with Crippen LogP contribution in [0.25, 0.3) is 10.8 Å². The minimum absolute atomic E-state index is 0.349. The maximum Gasteiger partial charge on any atom is 0.270 e. The number of nitrogens with zero attached hydrogens (tertiary/aromatic N) is 2. The van der Waals surface area contributed by atoms with Gasteiger partial charge in [0.05, 0.1) is 5.69 Å². The van der Waals surface area contributed by atoms with Crippen molar-refractivity contribution in [3.63, 3.8) is 0 Å². The molecule has 0 aromatic carbocycles. The lowest BCUT2D eigenvalue weighted by Gasteiger charge is -2.18. The molecule has 0 unspecified atom stereocenters. The number of aromatic nitrogens is 2. The van der Waals surface area contributed by atoms with Crippen molar-refractivity contribution < 1.29 is 9.26 Å². The highest BCUT2D eigenvalue weighted by Gasteiger charge is 2.22. The normalized spacial score (nSPS) is 17.4. The highest BCUT2D eigenvalue weighted by atomic mass is 32.1. The first kappa shape index (κ1) is 10.7. The van der Waals surface area contributed by atoms with E-state index in [0.29, 0.717) is 17.5 Å². The van der Waals surface area contributed by atoms with E-state index >= 15 is 0 Å². The third-order valence-electron chi connectivity index (χ3n) is 2.92. The number of ether oxygens (including phenoxy) is 1. The molecule has 3 rings (SSSR count). The number of thiophene rings is 1. The predicted octanol–water partition coefficient (Wildman–Crippen LogP) is 2.27. The Labute approximate surface area is 103 Å². The molecule has 1 fully saturated rings. The summed E-state index contributed by atoms with van der Waals surface area (Å²) in [6.07, 6.45) is 1.91. The smallest absolute Gasteiger partial charge is 0.270 e. The number of rotatable bonds is 2. The maximum absolute atomic E-state index is 5.82. The molecular weight excluding hydrogens is 238 g/mol. The zero-order chi connectivity index (χ0) is 11.7. The molecule has 5 nitrogen and oxygen atoms in total. The number of anilines is 1. The monoisotopic (exact) mass is 251 g/mol. The zero-order valence-corrected chi connectivity index (χ0v) is 10.1. The second-order valence-electron chi connectivity index (χ2n) is 4.05. The van der Waals surface area contributed by atoms with E-state index in [1.165, 1.54) is 11.3 Å². The molecule has 0 amide bonds. The SMILES string of the molecule is Nc1ccsc1-c1nc(C2CCOCC2)no1. The Morgan fingerprint density at radius 1 is 1.35 bits per heavy atom. The largest absolute Gasteiger partial charge is 0.397 e. The van der Waals surface area contributed by atoms with E-state index in [0.717, 1.165) is 36.8 Å². The van der Waals surface area contributed by atoms with Gasteiger partial charge in [-0.3, -0.25) is 0 Å². The minimum Gasteiger partial charge on any atom is -0.397 e. The van der Waals surface area contributed by atoms with E-state index in [2.05, 4.69) is 10.1 Å². The molecule has 2 aromatic rings. The van der Waals surface area contributed by atoms with Crippen LogP contribution in [0.15, 0.2) is 16.0 Å². The molecule has 0 radical (unpaired) electrons. The number of hydrogen-bond donors (Lipinski definition) is 1. The van der Waals surface area contributed by atoms with Crippen molar-refractivity contribution in [2.45, 2.75) is 18.8 Å². The summed E-state index contributed by atoms with van der Waals surface area (Å²) in [5, 5.41) is 5.97. The van der Waals surface area contributed by atoms with Gasteiger partial charge >= 0.3 is 0 Å². The van der Waals surface area contributed by atoms with Gasteiger partial charge in [-0.1, -0.05) is 5.16 Å². The van der Waals surface area contributed by atoms with Crippen LogP contribution in [0, 0.1) is 0 Å². The summed E-state index contributed by atoms with van der Waals surface area (Å²) in [7, 11) is 0. The van der Waals surface area contributed by atoms with Gasteiger partial charge in [-0.25, -0.2) is 0 Å². The average Bonchev–Trinajstić information content (AvgIpc) is 2.98. The lowest BCUT2D eigenvalue weighted by molar-refractivity contribution is 0.0830. The van der Waals surface area contributed by atoms with E-state index in [4.69, 9.17) is 15.0 Å². The Balaban J connectivity index is 1.85. The molecule has 0 bridgehead atoms. The second-order valence-corrected chi connectivity index (χ2v) is 4.97. The van der Waals surface area contributed by atoms with Gasteiger partial charge in [-0.15, -0.1) is 11.3 Å². The van der Waals surface area contributed by atoms with Gasteiger partial charge in [-0.05, 0) is 24.3 Å². The highest BCUT2D eigenvalue weighted by molar-refractivity contribution is 7.14. The van der Waals surface area contributed by atoms with E-state index in [1.54, 1.807) is 0 Å². The van der Waals surface area contributed by atoms with Gasteiger partial charge in [0.2, 0.25) is 0 Å². The van der Waals surface area contributed by atoms with Gasteiger partial charge in [-0.2, -0.15) is 4.98 Å². The van der Waals surface area contributed by atoms with Crippen molar-refractivity contribution >= 4 is 17.0 Å². The van der Waals surface area contributed by atoms with Crippen LogP contribution in [0.4, 0.5) is 5.69 Å². The molecule has 90 valence electrons. The summed E-state index contributed by atoms with van der Waals surface area (Å²) in [6.45, 7) is 1.55. The van der Waals surface area contributed by atoms with Gasteiger partial charge in [0.15, 0.2) is 5.82 Å². The van der Waals surface area contributed by atoms with Crippen molar-refractivity contribution in [2.75, 3.05) is 18.9 Å². The molecule has 1 aliphatic heterocycles. The van der Waals surface area contributed by atoms with Crippen molar-refractivity contribution in [1.29, 1.82) is 0 Å². The molecule has 2 aromatic heterocycles. The van der Waals surface area contributed by atoms with Crippen LogP contribution in [0.3, 0.4) is 0 Å². The molecule has 3 heterocycles. The third kappa shape index (κ3) is 2.05. The number of nitrogens with two attached hydrogens (primary N) is 1. The summed E-state index contributed by atoms with van der Waals surface area (Å²) >= 11 is 1.52. The van der Waals surface area contributed by atoms with Crippen molar-refractivity contribution in [3.8, 4) is 10.8 Å². The molecule has 1 aliphatic rings. The molecule has 0 saturated carbocycles. The molecule has 17 heavy (non-hydrogen) atoms. The van der Waals surface area contributed by atoms with Crippen molar-refractivity contribution in [2.24, 2.45) is 0 Å². The van der Waals surface area contributed by atoms with E-state index in [-0.39, 0.29) is 0 Å². The van der Waals surface area contributed by atoms with Crippen LogP contribution in [-0.2, 0) is 4.74 Å². The lowest BCUT2D eigenvalue weighted by atomic mass is 10.00. The average molecular weight is 251 g/mol. The van der Waals surface area contributed by atoms with E-state index < -0.39 is 0 Å². The lowest BCUT2D eigenvalue weighted by Crippen LogP contribution is -2.15. The standard InChI is InChI=1S/C11H13N3O2S/c12-8-3-6-17-9(8)11-13-10(14-16-11)7-1-4-15-5-2-7/h3,6-7H,1-2,4-5,12H2. The predicted molar refractivity (Wildman–Crippen MR) is 64.8 cm³/mol. The minimum atomic E-state index is 0.349. The van der Waals surface area contributed by atoms with Gasteiger partial charge in [0, 0.05) is 19.1 Å². The molecule has 0 spiro atoms. The molecule has 6 heteroatoms. The first-order valence-electron chi connectivity index (χ1n) is 5.59. The summed E-state index contributed by atoms with van der Waals surface area (Å²) in [6, 6.07) is 1.85. The molecule has 2 N–H and O–H groups in total. The summed E-state index contributed by atoms with van der Waals surface area (Å²) in [5.74, 6) is 1.65. The zero-order valence-electron chi connectivity index (χ0n) is 9.26. The van der Waals surface area contributed by atoms with Crippen LogP contribution < -0.4 is 5.73 Å². The van der Waals surface area contributed by atoms with Crippen molar-refractivity contribution in [1.82, 2.24) is 10.1 Å². The van der Waals surface area contributed by atoms with Gasteiger partial charge < -0.3 is 15.0 Å². The van der Waals surface area contributed by atoms with Gasteiger partial charge in [0.1, 0.15) is 4.88 Å². The van der Waals surface area contributed by atoms with Crippen LogP contribution in [0.5, 0.6) is 0 Å². The fourth-order valence-electron chi connectivity index (χ4n) is 1.94. The summed E-state index contributed by atoms with van der Waals surface area (Å²) in [5.41, 5.74) is 6.51. The molecule has 0 aliphatic carbocycles. The Kier molecular flexibility index (Phi) is 2.82. The number of nitrogen functional groups attached to an aromatic ring is 1. The quantitative estimate of drug-likeness (QED) is 0.886. The Hall–Kier alpha value is -1.40. The second kappa shape index (κ2) is 4.46. The van der Waals surface area contributed by atoms with Crippen LogP contribution in [0.1, 0.15) is 24.6 Å². The summed E-state index contributed by atoms with van der Waals surface area (Å²) in [4.78, 5) is 5.29. The molecule has 1 saturated heterocycles. The Bertz CT molecular complexity index is 502. The molecule has 0 atom stereocenters. The van der Waals surface area contributed by atoms with Crippen LogP contribution >= 0.6 is 11.3 Å². The number of hydrogen-bond acceptors (Lipinski definition) is 6. The van der Waals surface area contributed by atoms with Gasteiger partial charge in [0.25, 0.3) is 5.89 Å². The van der Waals surface area contributed by atoms with Crippen molar-refractivity contribution in [3.05, 3.63) is 17.3 Å².